The van der Waals surface area contributed by atoms with Crippen LogP contribution in [0.1, 0.15) is 22.8 Å². The first-order chi connectivity index (χ1) is 13.9. The minimum atomic E-state index is -3.96. The summed E-state index contributed by atoms with van der Waals surface area (Å²) in [5.74, 6) is -0.776. The number of anilines is 2. The van der Waals surface area contributed by atoms with E-state index >= 15 is 0 Å². The molecule has 0 spiro atoms. The second-order valence-corrected chi connectivity index (χ2v) is 8.65. The Kier molecular flexibility index (Phi) is 4.84. The minimum absolute atomic E-state index is 0.0284. The maximum atomic E-state index is 13.8. The first-order valence-electron chi connectivity index (χ1n) is 9.16. The lowest BCUT2D eigenvalue weighted by Gasteiger charge is -2.23. The van der Waals surface area contributed by atoms with Crippen LogP contribution in [0.25, 0.3) is 0 Å². The number of hydrogen-bond donors (Lipinski definition) is 1. The smallest absolute Gasteiger partial charge is 0.261 e. The molecule has 1 heterocycles. The molecule has 3 aromatic rings. The van der Waals surface area contributed by atoms with Crippen molar-refractivity contribution in [2.45, 2.75) is 24.3 Å². The Morgan fingerprint density at radius 3 is 2.45 bits per heavy atom. The zero-order valence-electron chi connectivity index (χ0n) is 15.7. The van der Waals surface area contributed by atoms with Crippen LogP contribution in [-0.4, -0.2) is 20.4 Å². The fourth-order valence-corrected chi connectivity index (χ4v) is 4.67. The third kappa shape index (κ3) is 3.61. The zero-order valence-corrected chi connectivity index (χ0v) is 16.5. The molecule has 0 unspecified atom stereocenters. The van der Waals surface area contributed by atoms with Crippen molar-refractivity contribution in [3.05, 3.63) is 89.7 Å². The lowest BCUT2D eigenvalue weighted by atomic mass is 10.1. The molecule has 1 amide bonds. The molecule has 0 saturated carbocycles. The highest BCUT2D eigenvalue weighted by Gasteiger charge is 2.32. The molecule has 7 heteroatoms. The lowest BCUT2D eigenvalue weighted by Crippen LogP contribution is -2.35. The zero-order chi connectivity index (χ0) is 20.6. The van der Waals surface area contributed by atoms with Gasteiger partial charge in [0.1, 0.15) is 5.82 Å². The Balaban J connectivity index is 1.65. The number of sulfonamides is 1. The van der Waals surface area contributed by atoms with Gasteiger partial charge in [0.05, 0.1) is 10.6 Å². The number of nitrogens with one attached hydrogen (secondary N) is 1. The van der Waals surface area contributed by atoms with E-state index in [2.05, 4.69) is 4.72 Å². The molecule has 0 fully saturated rings. The van der Waals surface area contributed by atoms with Crippen molar-refractivity contribution in [1.29, 1.82) is 0 Å². The van der Waals surface area contributed by atoms with Gasteiger partial charge in [-0.25, -0.2) is 12.8 Å². The number of carbonyl (C=O) groups excluding carboxylic acids is 1. The van der Waals surface area contributed by atoms with E-state index in [0.717, 1.165) is 5.56 Å². The highest BCUT2D eigenvalue weighted by Crippen LogP contribution is 2.35. The van der Waals surface area contributed by atoms with Crippen LogP contribution >= 0.6 is 0 Å². The van der Waals surface area contributed by atoms with Crippen LogP contribution in [0.3, 0.4) is 0 Å². The third-order valence-electron chi connectivity index (χ3n) is 4.93. The van der Waals surface area contributed by atoms with Gasteiger partial charge in [0.15, 0.2) is 0 Å². The quantitative estimate of drug-likeness (QED) is 0.700. The summed E-state index contributed by atoms with van der Waals surface area (Å²) in [4.78, 5) is 14.6. The van der Waals surface area contributed by atoms with Crippen LogP contribution in [0.15, 0.2) is 77.7 Å². The number of fused-ring (bicyclic) bond motifs is 1. The predicted molar refractivity (Wildman–Crippen MR) is 110 cm³/mol. The first-order valence-corrected chi connectivity index (χ1v) is 10.6. The van der Waals surface area contributed by atoms with Crippen molar-refractivity contribution in [2.24, 2.45) is 0 Å². The normalized spacial score (nSPS) is 15.8. The number of rotatable bonds is 4. The van der Waals surface area contributed by atoms with Crippen LogP contribution in [0.4, 0.5) is 15.8 Å². The van der Waals surface area contributed by atoms with Crippen molar-refractivity contribution in [2.75, 3.05) is 9.62 Å². The van der Waals surface area contributed by atoms with Crippen LogP contribution in [0, 0.1) is 5.82 Å². The van der Waals surface area contributed by atoms with Gasteiger partial charge in [-0.2, -0.15) is 0 Å². The second kappa shape index (κ2) is 7.33. The summed E-state index contributed by atoms with van der Waals surface area (Å²) in [7, 11) is -3.96. The molecule has 0 aromatic heterocycles. The summed E-state index contributed by atoms with van der Waals surface area (Å²) in [5, 5.41) is 0. The van der Waals surface area contributed by atoms with E-state index in [1.54, 1.807) is 47.4 Å². The minimum Gasteiger partial charge on any atom is -0.305 e. The molecule has 1 aliphatic rings. The number of carbonyl (C=O) groups is 1. The fourth-order valence-electron chi connectivity index (χ4n) is 3.55. The molecule has 1 aliphatic heterocycles. The molecule has 148 valence electrons. The molecule has 3 aromatic carbocycles. The molecule has 1 atom stereocenters. The van der Waals surface area contributed by atoms with Gasteiger partial charge < -0.3 is 4.90 Å². The number of halogens is 1. The van der Waals surface area contributed by atoms with Crippen LogP contribution in [0.5, 0.6) is 0 Å². The summed E-state index contributed by atoms with van der Waals surface area (Å²) in [6.07, 6.45) is 0.539. The van der Waals surface area contributed by atoms with Gasteiger partial charge in [-0.3, -0.25) is 9.52 Å². The third-order valence-corrected chi connectivity index (χ3v) is 6.30. The molecule has 29 heavy (non-hydrogen) atoms. The molecule has 0 aliphatic carbocycles. The number of hydrogen-bond acceptors (Lipinski definition) is 3. The Labute approximate surface area is 168 Å². The van der Waals surface area contributed by atoms with E-state index in [-0.39, 0.29) is 22.5 Å². The summed E-state index contributed by atoms with van der Waals surface area (Å²) >= 11 is 0. The molecule has 4 rings (SSSR count). The van der Waals surface area contributed by atoms with E-state index < -0.39 is 15.8 Å². The van der Waals surface area contributed by atoms with Gasteiger partial charge in [0, 0.05) is 17.3 Å². The molecule has 0 bridgehead atoms. The highest BCUT2D eigenvalue weighted by atomic mass is 32.2. The molecule has 1 N–H and O–H groups in total. The largest absolute Gasteiger partial charge is 0.305 e. The number of nitrogens with zero attached hydrogens (tertiary/aromatic N) is 1. The maximum absolute atomic E-state index is 13.8. The van der Waals surface area contributed by atoms with E-state index in [4.69, 9.17) is 0 Å². The average Bonchev–Trinajstić information content (AvgIpc) is 3.04. The summed E-state index contributed by atoms with van der Waals surface area (Å²) in [6, 6.07) is 19.1. The van der Waals surface area contributed by atoms with E-state index in [1.807, 2.05) is 13.0 Å². The van der Waals surface area contributed by atoms with Crippen molar-refractivity contribution < 1.29 is 17.6 Å². The predicted octanol–water partition coefficient (Wildman–Crippen LogP) is 4.22. The Morgan fingerprint density at radius 1 is 1.03 bits per heavy atom. The lowest BCUT2D eigenvalue weighted by molar-refractivity contribution is 0.0981. The monoisotopic (exact) mass is 410 g/mol. The highest BCUT2D eigenvalue weighted by molar-refractivity contribution is 7.92. The van der Waals surface area contributed by atoms with Gasteiger partial charge in [-0.05, 0) is 61.4 Å². The maximum Gasteiger partial charge on any atom is 0.261 e. The van der Waals surface area contributed by atoms with Crippen LogP contribution < -0.4 is 9.62 Å². The van der Waals surface area contributed by atoms with Gasteiger partial charge >= 0.3 is 0 Å². The number of amides is 1. The van der Waals surface area contributed by atoms with E-state index in [9.17, 15) is 17.6 Å². The Hall–Kier alpha value is -3.19. The van der Waals surface area contributed by atoms with Crippen molar-refractivity contribution in [3.63, 3.8) is 0 Å². The fraction of sp³-hybridized carbons (Fsp3) is 0.136. The van der Waals surface area contributed by atoms with Gasteiger partial charge in [-0.1, -0.05) is 30.3 Å². The molecule has 0 radical (unpaired) electrons. The van der Waals surface area contributed by atoms with Crippen molar-refractivity contribution in [3.8, 4) is 0 Å². The standard InChI is InChI=1S/C22H19FN2O3S/c1-15-13-17-14-18(29(27,28)24-20-10-6-5-9-19(20)23)11-12-21(17)25(15)22(26)16-7-3-2-4-8-16/h2-12,14-15,24H,13H2,1H3/t15-/m0/s1. The number of benzene rings is 3. The van der Waals surface area contributed by atoms with Crippen molar-refractivity contribution in [1.82, 2.24) is 0 Å². The van der Waals surface area contributed by atoms with E-state index in [0.29, 0.717) is 17.7 Å². The van der Waals surface area contributed by atoms with Crippen LogP contribution in [-0.2, 0) is 16.4 Å². The molecular weight excluding hydrogens is 391 g/mol. The van der Waals surface area contributed by atoms with Crippen molar-refractivity contribution >= 4 is 27.3 Å². The Morgan fingerprint density at radius 2 is 1.72 bits per heavy atom. The van der Waals surface area contributed by atoms with Gasteiger partial charge in [0.25, 0.3) is 15.9 Å². The van der Waals surface area contributed by atoms with Gasteiger partial charge in [-0.15, -0.1) is 0 Å². The first kappa shape index (κ1) is 19.1. The second-order valence-electron chi connectivity index (χ2n) is 6.97. The molecule has 0 saturated heterocycles. The average molecular weight is 410 g/mol. The molecular formula is C22H19FN2O3S. The van der Waals surface area contributed by atoms with E-state index in [1.165, 1.54) is 24.3 Å². The van der Waals surface area contributed by atoms with Crippen LogP contribution in [0.2, 0.25) is 0 Å². The number of para-hydroxylation sites is 1. The topological polar surface area (TPSA) is 66.5 Å². The van der Waals surface area contributed by atoms with Gasteiger partial charge in [0.2, 0.25) is 0 Å². The summed E-state index contributed by atoms with van der Waals surface area (Å²) < 4.78 is 41.5. The molecule has 5 nitrogen and oxygen atoms in total. The summed E-state index contributed by atoms with van der Waals surface area (Å²) in [6.45, 7) is 1.92. The Bertz CT molecular complexity index is 1180. The SMILES string of the molecule is C[C@H]1Cc2cc(S(=O)(=O)Nc3ccccc3F)ccc2N1C(=O)c1ccccc1. The summed E-state index contributed by atoms with van der Waals surface area (Å²) in [5.41, 5.74) is 1.92.